The van der Waals surface area contributed by atoms with Gasteiger partial charge in [-0.1, -0.05) is 6.07 Å². The first-order valence-electron chi connectivity index (χ1n) is 9.16. The Morgan fingerprint density at radius 3 is 2.48 bits per heavy atom. The lowest BCUT2D eigenvalue weighted by molar-refractivity contribution is -0.141. The molecule has 0 spiro atoms. The van der Waals surface area contributed by atoms with Gasteiger partial charge >= 0.3 is 0 Å². The number of pyridine rings is 1. The molecule has 1 amide bonds. The standard InChI is InChI=1S/C18H25N3O3S/c22-18(21-11-15(12-21)17-3-1-2-7-19-17)14-4-8-20(9-5-14)16-6-10-25(23,24)13-16/h1-3,7,14-16H,4-6,8-13H2. The first-order valence-corrected chi connectivity index (χ1v) is 11.0. The Morgan fingerprint density at radius 1 is 1.12 bits per heavy atom. The monoisotopic (exact) mass is 363 g/mol. The number of hydrogen-bond donors (Lipinski definition) is 0. The van der Waals surface area contributed by atoms with E-state index in [4.69, 9.17) is 0 Å². The molecular weight excluding hydrogens is 338 g/mol. The molecule has 0 aromatic carbocycles. The zero-order chi connectivity index (χ0) is 17.4. The second-order valence-corrected chi connectivity index (χ2v) is 9.79. The Labute approximate surface area is 149 Å². The van der Waals surface area contributed by atoms with Crippen molar-refractivity contribution < 1.29 is 13.2 Å². The van der Waals surface area contributed by atoms with Crippen molar-refractivity contribution in [2.45, 2.75) is 31.2 Å². The molecule has 7 heteroatoms. The highest BCUT2D eigenvalue weighted by molar-refractivity contribution is 7.91. The number of likely N-dealkylation sites (tertiary alicyclic amines) is 2. The van der Waals surface area contributed by atoms with Crippen molar-refractivity contribution in [2.24, 2.45) is 5.92 Å². The van der Waals surface area contributed by atoms with Crippen LogP contribution >= 0.6 is 0 Å². The molecule has 1 unspecified atom stereocenters. The zero-order valence-electron chi connectivity index (χ0n) is 14.4. The lowest BCUT2D eigenvalue weighted by Gasteiger charge is -2.43. The molecular formula is C18H25N3O3S. The number of hydrogen-bond acceptors (Lipinski definition) is 5. The van der Waals surface area contributed by atoms with E-state index in [2.05, 4.69) is 9.88 Å². The van der Waals surface area contributed by atoms with Crippen molar-refractivity contribution in [3.05, 3.63) is 30.1 Å². The molecule has 0 radical (unpaired) electrons. The minimum atomic E-state index is -2.84. The number of amides is 1. The largest absolute Gasteiger partial charge is 0.341 e. The van der Waals surface area contributed by atoms with Gasteiger partial charge in [0.1, 0.15) is 0 Å². The quantitative estimate of drug-likeness (QED) is 0.798. The highest BCUT2D eigenvalue weighted by atomic mass is 32.2. The summed E-state index contributed by atoms with van der Waals surface area (Å²) in [6.45, 7) is 3.23. The van der Waals surface area contributed by atoms with Crippen LogP contribution in [0.1, 0.15) is 30.9 Å². The number of carbonyl (C=O) groups excluding carboxylic acids is 1. The molecule has 4 heterocycles. The molecule has 3 aliphatic heterocycles. The minimum absolute atomic E-state index is 0.0962. The third-order valence-electron chi connectivity index (χ3n) is 5.90. The number of carbonyl (C=O) groups is 1. The number of aromatic nitrogens is 1. The average molecular weight is 363 g/mol. The van der Waals surface area contributed by atoms with Gasteiger partial charge in [-0.25, -0.2) is 8.42 Å². The van der Waals surface area contributed by atoms with E-state index < -0.39 is 9.84 Å². The molecule has 1 atom stereocenters. The average Bonchev–Trinajstić information content (AvgIpc) is 2.94. The highest BCUT2D eigenvalue weighted by Gasteiger charge is 2.39. The third-order valence-corrected chi connectivity index (χ3v) is 7.65. The van der Waals surface area contributed by atoms with E-state index in [1.807, 2.05) is 23.1 Å². The number of sulfone groups is 1. The summed E-state index contributed by atoms with van der Waals surface area (Å²) >= 11 is 0. The first-order chi connectivity index (χ1) is 12.0. The van der Waals surface area contributed by atoms with Crippen LogP contribution in [-0.4, -0.2) is 72.8 Å². The van der Waals surface area contributed by atoms with Gasteiger partial charge in [-0.15, -0.1) is 0 Å². The molecule has 3 saturated heterocycles. The normalized spacial score (nSPS) is 28.0. The summed E-state index contributed by atoms with van der Waals surface area (Å²) in [5, 5.41) is 0. The summed E-state index contributed by atoms with van der Waals surface area (Å²) in [6, 6.07) is 6.10. The summed E-state index contributed by atoms with van der Waals surface area (Å²) in [5.74, 6) is 1.35. The van der Waals surface area contributed by atoms with E-state index in [9.17, 15) is 13.2 Å². The molecule has 0 N–H and O–H groups in total. The van der Waals surface area contributed by atoms with Crippen LogP contribution in [0.2, 0.25) is 0 Å². The molecule has 6 nitrogen and oxygen atoms in total. The fourth-order valence-corrected chi connectivity index (χ4v) is 6.06. The predicted octanol–water partition coefficient (Wildman–Crippen LogP) is 0.907. The van der Waals surface area contributed by atoms with Gasteiger partial charge in [0, 0.05) is 42.9 Å². The Morgan fingerprint density at radius 2 is 1.88 bits per heavy atom. The molecule has 1 aromatic heterocycles. The lowest BCUT2D eigenvalue weighted by atomic mass is 9.89. The van der Waals surface area contributed by atoms with E-state index in [1.54, 1.807) is 6.20 Å². The molecule has 25 heavy (non-hydrogen) atoms. The highest BCUT2D eigenvalue weighted by Crippen LogP contribution is 2.30. The van der Waals surface area contributed by atoms with E-state index in [1.165, 1.54) is 0 Å². The number of rotatable bonds is 3. The Hall–Kier alpha value is -1.47. The van der Waals surface area contributed by atoms with Crippen LogP contribution in [0.3, 0.4) is 0 Å². The molecule has 136 valence electrons. The van der Waals surface area contributed by atoms with Crippen LogP contribution in [0.4, 0.5) is 0 Å². The third kappa shape index (κ3) is 3.58. The summed E-state index contributed by atoms with van der Waals surface area (Å²) in [6.07, 6.45) is 4.25. The molecule has 4 rings (SSSR count). The maximum absolute atomic E-state index is 12.7. The molecule has 3 aliphatic rings. The smallest absolute Gasteiger partial charge is 0.225 e. The van der Waals surface area contributed by atoms with E-state index in [0.29, 0.717) is 17.4 Å². The van der Waals surface area contributed by atoms with Gasteiger partial charge in [0.15, 0.2) is 9.84 Å². The Bertz CT molecular complexity index is 723. The van der Waals surface area contributed by atoms with Crippen LogP contribution in [-0.2, 0) is 14.6 Å². The van der Waals surface area contributed by atoms with Crippen LogP contribution in [0, 0.1) is 5.92 Å². The van der Waals surface area contributed by atoms with Gasteiger partial charge in [0.2, 0.25) is 5.91 Å². The first kappa shape index (κ1) is 17.0. The van der Waals surface area contributed by atoms with Crippen LogP contribution in [0.15, 0.2) is 24.4 Å². The van der Waals surface area contributed by atoms with Gasteiger partial charge in [-0.05, 0) is 44.5 Å². The second-order valence-electron chi connectivity index (χ2n) is 7.56. The number of piperidine rings is 1. The fourth-order valence-electron chi connectivity index (χ4n) is 4.30. The van der Waals surface area contributed by atoms with Gasteiger partial charge in [0.05, 0.1) is 11.5 Å². The van der Waals surface area contributed by atoms with Gasteiger partial charge in [-0.2, -0.15) is 0 Å². The van der Waals surface area contributed by atoms with Crippen LogP contribution in [0.5, 0.6) is 0 Å². The van der Waals surface area contributed by atoms with Crippen molar-refractivity contribution in [1.29, 1.82) is 0 Å². The van der Waals surface area contributed by atoms with Crippen molar-refractivity contribution in [3.63, 3.8) is 0 Å². The molecule has 3 fully saturated rings. The predicted molar refractivity (Wildman–Crippen MR) is 94.9 cm³/mol. The van der Waals surface area contributed by atoms with Gasteiger partial charge < -0.3 is 4.90 Å². The van der Waals surface area contributed by atoms with Crippen molar-refractivity contribution in [3.8, 4) is 0 Å². The summed E-state index contributed by atoms with van der Waals surface area (Å²) in [7, 11) is -2.84. The van der Waals surface area contributed by atoms with E-state index in [-0.39, 0.29) is 17.9 Å². The summed E-state index contributed by atoms with van der Waals surface area (Å²) in [4.78, 5) is 21.3. The zero-order valence-corrected chi connectivity index (χ0v) is 15.2. The Kier molecular flexibility index (Phi) is 4.54. The van der Waals surface area contributed by atoms with Gasteiger partial charge in [0.25, 0.3) is 0 Å². The molecule has 0 saturated carbocycles. The maximum Gasteiger partial charge on any atom is 0.225 e. The summed E-state index contributed by atoms with van der Waals surface area (Å²) in [5.41, 5.74) is 1.07. The molecule has 0 aliphatic carbocycles. The number of nitrogens with zero attached hydrogens (tertiary/aromatic N) is 3. The SMILES string of the molecule is O=C(C1CCN(C2CCS(=O)(=O)C2)CC1)N1CC(c2ccccn2)C1. The lowest BCUT2D eigenvalue weighted by Crippen LogP contribution is -2.53. The Balaban J connectivity index is 1.25. The van der Waals surface area contributed by atoms with Crippen molar-refractivity contribution >= 4 is 15.7 Å². The minimum Gasteiger partial charge on any atom is -0.341 e. The topological polar surface area (TPSA) is 70.6 Å². The van der Waals surface area contributed by atoms with Crippen LogP contribution in [0.25, 0.3) is 0 Å². The molecule has 1 aromatic rings. The second kappa shape index (κ2) is 6.68. The summed E-state index contributed by atoms with van der Waals surface area (Å²) < 4.78 is 23.3. The van der Waals surface area contributed by atoms with Crippen molar-refractivity contribution in [1.82, 2.24) is 14.8 Å². The van der Waals surface area contributed by atoms with E-state index in [0.717, 1.165) is 51.1 Å². The fraction of sp³-hybridized carbons (Fsp3) is 0.667. The van der Waals surface area contributed by atoms with E-state index >= 15 is 0 Å². The van der Waals surface area contributed by atoms with Crippen molar-refractivity contribution in [2.75, 3.05) is 37.7 Å². The maximum atomic E-state index is 12.7. The van der Waals surface area contributed by atoms with Gasteiger partial charge in [-0.3, -0.25) is 14.7 Å². The molecule has 0 bridgehead atoms. The van der Waals surface area contributed by atoms with Crippen LogP contribution < -0.4 is 0 Å².